The molecule has 1 N–H and O–H groups in total. The predicted octanol–water partition coefficient (Wildman–Crippen LogP) is 1.83. The number of rotatable bonds is 6. The van der Waals surface area contributed by atoms with Crippen molar-refractivity contribution in [2.24, 2.45) is 0 Å². The highest BCUT2D eigenvalue weighted by molar-refractivity contribution is 4.93. The van der Waals surface area contributed by atoms with Gasteiger partial charge in [0.1, 0.15) is 5.82 Å². The monoisotopic (exact) mass is 195 g/mol. The van der Waals surface area contributed by atoms with Crippen molar-refractivity contribution in [2.75, 3.05) is 6.54 Å². The van der Waals surface area contributed by atoms with Gasteiger partial charge in [-0.15, -0.1) is 0 Å². The summed E-state index contributed by atoms with van der Waals surface area (Å²) in [7, 11) is 0. The molecule has 3 heteroatoms. The zero-order valence-electron chi connectivity index (χ0n) is 9.45. The van der Waals surface area contributed by atoms with Crippen LogP contribution in [-0.4, -0.2) is 22.1 Å². The van der Waals surface area contributed by atoms with Crippen molar-refractivity contribution in [1.29, 1.82) is 0 Å². The van der Waals surface area contributed by atoms with E-state index in [1.54, 1.807) is 0 Å². The fourth-order valence-corrected chi connectivity index (χ4v) is 1.67. The van der Waals surface area contributed by atoms with Crippen LogP contribution in [0.2, 0.25) is 0 Å². The lowest BCUT2D eigenvalue weighted by Gasteiger charge is -2.14. The van der Waals surface area contributed by atoms with Gasteiger partial charge in [-0.1, -0.05) is 13.8 Å². The summed E-state index contributed by atoms with van der Waals surface area (Å²) in [5.74, 6) is 1.21. The van der Waals surface area contributed by atoms with E-state index in [-0.39, 0.29) is 0 Å². The Hall–Kier alpha value is -0.830. The summed E-state index contributed by atoms with van der Waals surface area (Å²) in [4.78, 5) is 4.35. The van der Waals surface area contributed by atoms with E-state index in [4.69, 9.17) is 0 Å². The molecular formula is C11H21N3. The highest BCUT2D eigenvalue weighted by Crippen LogP contribution is 2.02. The highest BCUT2D eigenvalue weighted by atomic mass is 15.1. The summed E-state index contributed by atoms with van der Waals surface area (Å²) in [6.45, 7) is 8.57. The van der Waals surface area contributed by atoms with Crippen LogP contribution in [0.25, 0.3) is 0 Å². The minimum absolute atomic E-state index is 0.518. The van der Waals surface area contributed by atoms with Crippen LogP contribution in [0, 0.1) is 0 Å². The third-order valence-electron chi connectivity index (χ3n) is 2.30. The van der Waals surface area contributed by atoms with Gasteiger partial charge in [0.15, 0.2) is 0 Å². The van der Waals surface area contributed by atoms with Crippen LogP contribution >= 0.6 is 0 Å². The van der Waals surface area contributed by atoms with Gasteiger partial charge < -0.3 is 9.88 Å². The summed E-state index contributed by atoms with van der Waals surface area (Å²) in [6.07, 6.45) is 6.20. The van der Waals surface area contributed by atoms with Crippen molar-refractivity contribution in [3.8, 4) is 0 Å². The summed E-state index contributed by atoms with van der Waals surface area (Å²) < 4.78 is 2.25. The normalized spacial score (nSPS) is 13.1. The molecule has 14 heavy (non-hydrogen) atoms. The second-order valence-electron chi connectivity index (χ2n) is 3.70. The van der Waals surface area contributed by atoms with Crippen LogP contribution < -0.4 is 5.32 Å². The van der Waals surface area contributed by atoms with E-state index < -0.39 is 0 Å². The summed E-state index contributed by atoms with van der Waals surface area (Å²) >= 11 is 0. The number of aromatic nitrogens is 2. The van der Waals surface area contributed by atoms with E-state index in [9.17, 15) is 0 Å². The molecule has 0 aliphatic heterocycles. The standard InChI is InChI=1S/C11H21N3/c1-4-6-11-13-7-8-14(11)9-10(3)12-5-2/h7-8,10,12H,4-6,9H2,1-3H3. The van der Waals surface area contributed by atoms with Crippen LogP contribution in [0.3, 0.4) is 0 Å². The van der Waals surface area contributed by atoms with Crippen molar-refractivity contribution in [2.45, 2.75) is 46.2 Å². The topological polar surface area (TPSA) is 29.9 Å². The quantitative estimate of drug-likeness (QED) is 0.750. The van der Waals surface area contributed by atoms with Gasteiger partial charge in [0, 0.05) is 31.4 Å². The Kier molecular flexibility index (Phi) is 4.66. The van der Waals surface area contributed by atoms with E-state index in [2.05, 4.69) is 41.8 Å². The van der Waals surface area contributed by atoms with Gasteiger partial charge in [-0.05, 0) is 19.9 Å². The Morgan fingerprint density at radius 3 is 2.93 bits per heavy atom. The van der Waals surface area contributed by atoms with E-state index in [1.165, 1.54) is 5.82 Å². The molecule has 1 rings (SSSR count). The van der Waals surface area contributed by atoms with Gasteiger partial charge in [-0.3, -0.25) is 0 Å². The van der Waals surface area contributed by atoms with Gasteiger partial charge in [0.25, 0.3) is 0 Å². The van der Waals surface area contributed by atoms with Crippen molar-refractivity contribution < 1.29 is 0 Å². The predicted molar refractivity (Wildman–Crippen MR) is 59.4 cm³/mol. The summed E-state index contributed by atoms with van der Waals surface area (Å²) in [5, 5.41) is 3.40. The first kappa shape index (κ1) is 11.2. The van der Waals surface area contributed by atoms with E-state index >= 15 is 0 Å². The average molecular weight is 195 g/mol. The molecule has 1 aromatic heterocycles. The molecule has 0 bridgehead atoms. The molecule has 1 aromatic rings. The zero-order chi connectivity index (χ0) is 10.4. The van der Waals surface area contributed by atoms with Crippen LogP contribution in [0.5, 0.6) is 0 Å². The van der Waals surface area contributed by atoms with Gasteiger partial charge in [-0.2, -0.15) is 0 Å². The highest BCUT2D eigenvalue weighted by Gasteiger charge is 2.05. The fourth-order valence-electron chi connectivity index (χ4n) is 1.67. The Balaban J connectivity index is 2.52. The first-order valence-corrected chi connectivity index (χ1v) is 5.51. The molecular weight excluding hydrogens is 174 g/mol. The molecule has 0 aliphatic carbocycles. The molecule has 1 unspecified atom stereocenters. The molecule has 80 valence electrons. The van der Waals surface area contributed by atoms with Crippen LogP contribution in [-0.2, 0) is 13.0 Å². The number of nitrogens with zero attached hydrogens (tertiary/aromatic N) is 2. The minimum atomic E-state index is 0.518. The van der Waals surface area contributed by atoms with Crippen LogP contribution in [0.4, 0.5) is 0 Å². The SMILES string of the molecule is CCCc1nccn1CC(C)NCC. The zero-order valence-corrected chi connectivity index (χ0v) is 9.45. The van der Waals surface area contributed by atoms with E-state index in [0.29, 0.717) is 6.04 Å². The smallest absolute Gasteiger partial charge is 0.108 e. The van der Waals surface area contributed by atoms with Crippen LogP contribution in [0.1, 0.15) is 33.0 Å². The molecule has 0 radical (unpaired) electrons. The lowest BCUT2D eigenvalue weighted by molar-refractivity contribution is 0.478. The molecule has 0 amide bonds. The largest absolute Gasteiger partial charge is 0.333 e. The van der Waals surface area contributed by atoms with Gasteiger partial charge in [-0.25, -0.2) is 4.98 Å². The summed E-state index contributed by atoms with van der Waals surface area (Å²) in [5.41, 5.74) is 0. The van der Waals surface area contributed by atoms with Gasteiger partial charge >= 0.3 is 0 Å². The lowest BCUT2D eigenvalue weighted by Crippen LogP contribution is -2.30. The van der Waals surface area contributed by atoms with Crippen molar-refractivity contribution >= 4 is 0 Å². The number of hydrogen-bond acceptors (Lipinski definition) is 2. The molecule has 0 saturated heterocycles. The third kappa shape index (κ3) is 3.14. The number of nitrogens with one attached hydrogen (secondary N) is 1. The Morgan fingerprint density at radius 1 is 1.50 bits per heavy atom. The first-order chi connectivity index (χ1) is 6.77. The average Bonchev–Trinajstić information content (AvgIpc) is 2.54. The first-order valence-electron chi connectivity index (χ1n) is 5.51. The van der Waals surface area contributed by atoms with Gasteiger partial charge in [0.05, 0.1) is 0 Å². The second kappa shape index (κ2) is 5.81. The lowest BCUT2D eigenvalue weighted by atomic mass is 10.3. The number of hydrogen-bond donors (Lipinski definition) is 1. The van der Waals surface area contributed by atoms with Crippen molar-refractivity contribution in [3.63, 3.8) is 0 Å². The Bertz CT molecular complexity index is 255. The van der Waals surface area contributed by atoms with Crippen LogP contribution in [0.15, 0.2) is 12.4 Å². The number of likely N-dealkylation sites (N-methyl/N-ethyl adjacent to an activating group) is 1. The van der Waals surface area contributed by atoms with E-state index in [0.717, 1.165) is 25.9 Å². The van der Waals surface area contributed by atoms with Gasteiger partial charge in [0.2, 0.25) is 0 Å². The molecule has 0 aromatic carbocycles. The number of aryl methyl sites for hydroxylation is 1. The molecule has 1 atom stereocenters. The molecule has 0 aliphatic rings. The molecule has 0 fully saturated rings. The molecule has 0 spiro atoms. The summed E-state index contributed by atoms with van der Waals surface area (Å²) in [6, 6.07) is 0.518. The van der Waals surface area contributed by atoms with Crippen molar-refractivity contribution in [3.05, 3.63) is 18.2 Å². The van der Waals surface area contributed by atoms with Crippen molar-refractivity contribution in [1.82, 2.24) is 14.9 Å². The second-order valence-corrected chi connectivity index (χ2v) is 3.70. The maximum Gasteiger partial charge on any atom is 0.108 e. The molecule has 1 heterocycles. The number of imidazole rings is 1. The Morgan fingerprint density at radius 2 is 2.29 bits per heavy atom. The van der Waals surface area contributed by atoms with E-state index in [1.807, 2.05) is 6.20 Å². The minimum Gasteiger partial charge on any atom is -0.333 e. The maximum absolute atomic E-state index is 4.35. The molecule has 0 saturated carbocycles. The Labute approximate surface area is 86.5 Å². The maximum atomic E-state index is 4.35. The molecule has 3 nitrogen and oxygen atoms in total. The third-order valence-corrected chi connectivity index (χ3v) is 2.30. The fraction of sp³-hybridized carbons (Fsp3) is 0.727.